The SMILES string of the molecule is CC(=O)Nc1ccc(S(=O)(=O)N2CCCC(C#N)C2)cc1. The molecule has 0 spiro atoms. The van der Waals surface area contributed by atoms with E-state index in [0.717, 1.165) is 6.42 Å². The van der Waals surface area contributed by atoms with E-state index in [4.69, 9.17) is 5.26 Å². The predicted octanol–water partition coefficient (Wildman–Crippen LogP) is 1.57. The van der Waals surface area contributed by atoms with Gasteiger partial charge in [-0.2, -0.15) is 9.57 Å². The van der Waals surface area contributed by atoms with Crippen molar-refractivity contribution in [2.75, 3.05) is 18.4 Å². The summed E-state index contributed by atoms with van der Waals surface area (Å²) in [6, 6.07) is 8.18. The second-order valence-corrected chi connectivity index (χ2v) is 6.97. The Morgan fingerprint density at radius 3 is 2.62 bits per heavy atom. The molecule has 0 bridgehead atoms. The Morgan fingerprint density at radius 2 is 2.05 bits per heavy atom. The Balaban J connectivity index is 2.19. The number of sulfonamides is 1. The predicted molar refractivity (Wildman–Crippen MR) is 77.8 cm³/mol. The number of nitrogens with zero attached hydrogens (tertiary/aromatic N) is 2. The van der Waals surface area contributed by atoms with Gasteiger partial charge in [-0.05, 0) is 37.1 Å². The molecule has 2 rings (SSSR count). The highest BCUT2D eigenvalue weighted by Crippen LogP contribution is 2.24. The van der Waals surface area contributed by atoms with Crippen molar-refractivity contribution >= 4 is 21.6 Å². The average Bonchev–Trinajstić information content (AvgIpc) is 2.47. The van der Waals surface area contributed by atoms with Crippen molar-refractivity contribution in [2.24, 2.45) is 5.92 Å². The number of amides is 1. The van der Waals surface area contributed by atoms with Crippen LogP contribution < -0.4 is 5.32 Å². The van der Waals surface area contributed by atoms with Crippen molar-refractivity contribution in [3.63, 3.8) is 0 Å². The lowest BCUT2D eigenvalue weighted by molar-refractivity contribution is -0.114. The summed E-state index contributed by atoms with van der Waals surface area (Å²) in [6.45, 7) is 2.07. The zero-order chi connectivity index (χ0) is 15.5. The van der Waals surface area contributed by atoms with E-state index < -0.39 is 10.0 Å². The highest BCUT2D eigenvalue weighted by atomic mass is 32.2. The standard InChI is InChI=1S/C14H17N3O3S/c1-11(18)16-13-4-6-14(7-5-13)21(19,20)17-8-2-3-12(9-15)10-17/h4-7,12H,2-3,8,10H2,1H3,(H,16,18). The molecule has 0 radical (unpaired) electrons. The van der Waals surface area contributed by atoms with Gasteiger partial charge in [-0.25, -0.2) is 8.42 Å². The van der Waals surface area contributed by atoms with Crippen molar-refractivity contribution in [3.05, 3.63) is 24.3 Å². The molecule has 1 aromatic carbocycles. The molecule has 1 aliphatic heterocycles. The summed E-state index contributed by atoms with van der Waals surface area (Å²) in [6.07, 6.45) is 1.44. The maximum atomic E-state index is 12.5. The molecule has 0 aliphatic carbocycles. The highest BCUT2D eigenvalue weighted by Gasteiger charge is 2.30. The van der Waals surface area contributed by atoms with E-state index >= 15 is 0 Å². The Labute approximate surface area is 124 Å². The number of anilines is 1. The van der Waals surface area contributed by atoms with Gasteiger partial charge < -0.3 is 5.32 Å². The van der Waals surface area contributed by atoms with Crippen LogP contribution in [0.2, 0.25) is 0 Å². The van der Waals surface area contributed by atoms with Gasteiger partial charge in [0.15, 0.2) is 0 Å². The molecule has 0 saturated carbocycles. The fourth-order valence-electron chi connectivity index (χ4n) is 2.33. The largest absolute Gasteiger partial charge is 0.326 e. The Kier molecular flexibility index (Phi) is 4.60. The molecule has 1 fully saturated rings. The third kappa shape index (κ3) is 3.60. The maximum absolute atomic E-state index is 12.5. The first kappa shape index (κ1) is 15.5. The van der Waals surface area contributed by atoms with E-state index in [-0.39, 0.29) is 23.3 Å². The fourth-order valence-corrected chi connectivity index (χ4v) is 3.85. The number of piperidine rings is 1. The summed E-state index contributed by atoms with van der Waals surface area (Å²) in [4.78, 5) is 11.1. The molecule has 1 aromatic rings. The van der Waals surface area contributed by atoms with E-state index in [1.54, 1.807) is 12.1 Å². The molecule has 112 valence electrons. The van der Waals surface area contributed by atoms with Crippen LogP contribution in [-0.4, -0.2) is 31.7 Å². The van der Waals surface area contributed by atoms with Crippen LogP contribution in [0.25, 0.3) is 0 Å². The monoisotopic (exact) mass is 307 g/mol. The van der Waals surface area contributed by atoms with Crippen molar-refractivity contribution in [2.45, 2.75) is 24.7 Å². The number of nitriles is 1. The van der Waals surface area contributed by atoms with Crippen LogP contribution in [0.4, 0.5) is 5.69 Å². The average molecular weight is 307 g/mol. The molecule has 1 saturated heterocycles. The van der Waals surface area contributed by atoms with Gasteiger partial charge in [0, 0.05) is 25.7 Å². The van der Waals surface area contributed by atoms with E-state index in [2.05, 4.69) is 11.4 Å². The van der Waals surface area contributed by atoms with Crippen LogP contribution in [-0.2, 0) is 14.8 Å². The molecule has 1 heterocycles. The molecular formula is C14H17N3O3S. The number of hydrogen-bond acceptors (Lipinski definition) is 4. The number of carbonyl (C=O) groups is 1. The van der Waals surface area contributed by atoms with E-state index in [1.165, 1.54) is 23.4 Å². The van der Waals surface area contributed by atoms with Crippen LogP contribution in [0.3, 0.4) is 0 Å². The molecular weight excluding hydrogens is 290 g/mol. The molecule has 1 amide bonds. The van der Waals surface area contributed by atoms with Crippen LogP contribution in [0.5, 0.6) is 0 Å². The van der Waals surface area contributed by atoms with Gasteiger partial charge in [0.25, 0.3) is 0 Å². The zero-order valence-corrected chi connectivity index (χ0v) is 12.6. The second kappa shape index (κ2) is 6.24. The Hall–Kier alpha value is -1.91. The smallest absolute Gasteiger partial charge is 0.243 e. The molecule has 6 nitrogen and oxygen atoms in total. The normalized spacial score (nSPS) is 19.7. The van der Waals surface area contributed by atoms with Gasteiger partial charge in [0.05, 0.1) is 16.9 Å². The zero-order valence-electron chi connectivity index (χ0n) is 11.7. The first-order valence-electron chi connectivity index (χ1n) is 6.71. The van der Waals surface area contributed by atoms with Gasteiger partial charge in [-0.1, -0.05) is 0 Å². The van der Waals surface area contributed by atoms with Crippen molar-refractivity contribution in [1.82, 2.24) is 4.31 Å². The van der Waals surface area contributed by atoms with Gasteiger partial charge in [0.2, 0.25) is 15.9 Å². The topological polar surface area (TPSA) is 90.3 Å². The summed E-state index contributed by atoms with van der Waals surface area (Å²) < 4.78 is 26.4. The second-order valence-electron chi connectivity index (χ2n) is 5.04. The minimum Gasteiger partial charge on any atom is -0.326 e. The minimum atomic E-state index is -3.58. The number of carbonyl (C=O) groups excluding carboxylic acids is 1. The Bertz CT molecular complexity index is 662. The van der Waals surface area contributed by atoms with Crippen LogP contribution >= 0.6 is 0 Å². The summed E-state index contributed by atoms with van der Waals surface area (Å²) in [7, 11) is -3.58. The first-order valence-corrected chi connectivity index (χ1v) is 8.15. The van der Waals surface area contributed by atoms with Gasteiger partial charge in [-0.15, -0.1) is 0 Å². The summed E-state index contributed by atoms with van der Waals surface area (Å²) in [5.74, 6) is -0.453. The lowest BCUT2D eigenvalue weighted by atomic mass is 10.0. The van der Waals surface area contributed by atoms with E-state index in [0.29, 0.717) is 18.7 Å². The molecule has 1 N–H and O–H groups in total. The maximum Gasteiger partial charge on any atom is 0.243 e. The third-order valence-electron chi connectivity index (χ3n) is 3.38. The highest BCUT2D eigenvalue weighted by molar-refractivity contribution is 7.89. The van der Waals surface area contributed by atoms with Gasteiger partial charge in [-0.3, -0.25) is 4.79 Å². The molecule has 1 aliphatic rings. The van der Waals surface area contributed by atoms with Crippen LogP contribution in [0.15, 0.2) is 29.2 Å². The van der Waals surface area contributed by atoms with Gasteiger partial charge in [0.1, 0.15) is 0 Å². The quantitative estimate of drug-likeness (QED) is 0.917. The number of benzene rings is 1. The lowest BCUT2D eigenvalue weighted by Gasteiger charge is -2.28. The Morgan fingerprint density at radius 1 is 1.38 bits per heavy atom. The number of hydrogen-bond donors (Lipinski definition) is 1. The minimum absolute atomic E-state index is 0.176. The van der Waals surface area contributed by atoms with Crippen molar-refractivity contribution in [1.29, 1.82) is 5.26 Å². The third-order valence-corrected chi connectivity index (χ3v) is 5.26. The molecule has 0 aromatic heterocycles. The van der Waals surface area contributed by atoms with Crippen molar-refractivity contribution in [3.8, 4) is 6.07 Å². The molecule has 21 heavy (non-hydrogen) atoms. The molecule has 1 unspecified atom stereocenters. The van der Waals surface area contributed by atoms with E-state index in [9.17, 15) is 13.2 Å². The number of nitrogens with one attached hydrogen (secondary N) is 1. The summed E-state index contributed by atoms with van der Waals surface area (Å²) >= 11 is 0. The first-order chi connectivity index (χ1) is 9.93. The summed E-state index contributed by atoms with van der Waals surface area (Å²) in [5, 5.41) is 11.5. The molecule has 1 atom stereocenters. The molecule has 7 heteroatoms. The van der Waals surface area contributed by atoms with Crippen molar-refractivity contribution < 1.29 is 13.2 Å². The fraction of sp³-hybridized carbons (Fsp3) is 0.429. The number of rotatable bonds is 3. The van der Waals surface area contributed by atoms with Crippen LogP contribution in [0, 0.1) is 17.2 Å². The van der Waals surface area contributed by atoms with Gasteiger partial charge >= 0.3 is 0 Å². The lowest BCUT2D eigenvalue weighted by Crippen LogP contribution is -2.39. The summed E-state index contributed by atoms with van der Waals surface area (Å²) in [5.41, 5.74) is 0.551. The van der Waals surface area contributed by atoms with E-state index in [1.807, 2.05) is 0 Å². The van der Waals surface area contributed by atoms with Crippen LogP contribution in [0.1, 0.15) is 19.8 Å².